The van der Waals surface area contributed by atoms with E-state index in [0.717, 1.165) is 11.8 Å². The first-order valence-corrected chi connectivity index (χ1v) is 6.33. The summed E-state index contributed by atoms with van der Waals surface area (Å²) in [5.74, 6) is -2.02. The van der Waals surface area contributed by atoms with Gasteiger partial charge in [0.15, 0.2) is 5.17 Å². The maximum absolute atomic E-state index is 12.8. The maximum Gasteiger partial charge on any atom is 0.229 e. The van der Waals surface area contributed by atoms with E-state index in [-0.39, 0.29) is 17.5 Å². The molecule has 0 radical (unpaired) electrons. The van der Waals surface area contributed by atoms with E-state index >= 15 is 0 Å². The maximum atomic E-state index is 12.8. The molecule has 1 aromatic carbocycles. The topological polar surface area (TPSA) is 72.8 Å². The van der Waals surface area contributed by atoms with Crippen molar-refractivity contribution in [2.75, 3.05) is 7.05 Å². The van der Waals surface area contributed by atoms with Crippen LogP contribution in [-0.2, 0) is 9.59 Å². The molecule has 1 aromatic rings. The molecular formula is C12H10FN2O3S-. The third kappa shape index (κ3) is 3.11. The second-order valence-corrected chi connectivity index (χ2v) is 5.12. The van der Waals surface area contributed by atoms with Crippen molar-refractivity contribution in [3.05, 3.63) is 30.1 Å². The minimum Gasteiger partial charge on any atom is -0.549 e. The van der Waals surface area contributed by atoms with Crippen LogP contribution in [0.2, 0.25) is 0 Å². The molecule has 0 aromatic heterocycles. The monoisotopic (exact) mass is 281 g/mol. The van der Waals surface area contributed by atoms with Gasteiger partial charge in [-0.1, -0.05) is 11.8 Å². The Labute approximate surface area is 113 Å². The quantitative estimate of drug-likeness (QED) is 0.792. The average Bonchev–Trinajstić information content (AvgIpc) is 2.37. The first-order chi connectivity index (χ1) is 8.97. The highest BCUT2D eigenvalue weighted by Crippen LogP contribution is 2.27. The highest BCUT2D eigenvalue weighted by atomic mass is 32.2. The minimum atomic E-state index is -1.29. The van der Waals surface area contributed by atoms with E-state index < -0.39 is 17.0 Å². The summed E-state index contributed by atoms with van der Waals surface area (Å²) in [4.78, 5) is 27.9. The Balaban J connectivity index is 2.27. The first-order valence-electron chi connectivity index (χ1n) is 5.45. The molecule has 19 heavy (non-hydrogen) atoms. The highest BCUT2D eigenvalue weighted by Gasteiger charge is 2.30. The summed E-state index contributed by atoms with van der Waals surface area (Å²) in [6, 6.07) is 5.38. The lowest BCUT2D eigenvalue weighted by Crippen LogP contribution is -2.45. The van der Waals surface area contributed by atoms with Gasteiger partial charge in [0.25, 0.3) is 0 Å². The number of aliphatic carboxylic acids is 1. The third-order valence-corrected chi connectivity index (χ3v) is 3.80. The summed E-state index contributed by atoms with van der Waals surface area (Å²) < 4.78 is 12.8. The minimum absolute atomic E-state index is 0.119. The summed E-state index contributed by atoms with van der Waals surface area (Å²) >= 11 is 0.950. The van der Waals surface area contributed by atoms with E-state index in [9.17, 15) is 19.1 Å². The van der Waals surface area contributed by atoms with Gasteiger partial charge in [0, 0.05) is 13.5 Å². The fourth-order valence-electron chi connectivity index (χ4n) is 1.51. The molecule has 0 spiro atoms. The molecule has 1 heterocycles. The summed E-state index contributed by atoms with van der Waals surface area (Å²) in [6.45, 7) is 0. The van der Waals surface area contributed by atoms with E-state index in [1.807, 2.05) is 0 Å². The van der Waals surface area contributed by atoms with Crippen molar-refractivity contribution in [1.29, 1.82) is 0 Å². The number of amides is 1. The number of benzene rings is 1. The van der Waals surface area contributed by atoms with Crippen LogP contribution in [0.1, 0.15) is 6.42 Å². The Morgan fingerprint density at radius 1 is 1.47 bits per heavy atom. The van der Waals surface area contributed by atoms with Crippen LogP contribution in [0.3, 0.4) is 0 Å². The molecule has 0 saturated carbocycles. The van der Waals surface area contributed by atoms with Crippen molar-refractivity contribution >= 4 is 34.5 Å². The molecule has 1 amide bonds. The Morgan fingerprint density at radius 2 is 2.11 bits per heavy atom. The number of carboxylic acid groups (broad SMARTS) is 1. The number of nitrogens with zero attached hydrogens (tertiary/aromatic N) is 2. The zero-order valence-electron chi connectivity index (χ0n) is 10.00. The molecule has 1 saturated heterocycles. The van der Waals surface area contributed by atoms with Crippen molar-refractivity contribution in [3.63, 3.8) is 0 Å². The molecule has 100 valence electrons. The van der Waals surface area contributed by atoms with Crippen LogP contribution in [0.15, 0.2) is 29.3 Å². The zero-order chi connectivity index (χ0) is 14.0. The van der Waals surface area contributed by atoms with Crippen molar-refractivity contribution in [2.24, 2.45) is 4.99 Å². The number of carboxylic acids is 1. The van der Waals surface area contributed by atoms with E-state index in [1.54, 1.807) is 0 Å². The lowest BCUT2D eigenvalue weighted by atomic mass is 10.3. The summed E-state index contributed by atoms with van der Waals surface area (Å²) in [7, 11) is 1.52. The molecule has 1 unspecified atom stereocenters. The molecule has 1 aliphatic rings. The number of thioether (sulfide) groups is 1. The average molecular weight is 281 g/mol. The van der Waals surface area contributed by atoms with Gasteiger partial charge in [-0.05, 0) is 24.3 Å². The van der Waals surface area contributed by atoms with Crippen LogP contribution in [-0.4, -0.2) is 34.2 Å². The first kappa shape index (κ1) is 13.5. The van der Waals surface area contributed by atoms with Crippen LogP contribution in [0.5, 0.6) is 0 Å². The van der Waals surface area contributed by atoms with E-state index in [1.165, 1.54) is 36.2 Å². The van der Waals surface area contributed by atoms with Gasteiger partial charge in [0.2, 0.25) is 5.91 Å². The molecule has 0 N–H and O–H groups in total. The Morgan fingerprint density at radius 3 is 2.68 bits per heavy atom. The molecule has 2 rings (SSSR count). The van der Waals surface area contributed by atoms with Crippen molar-refractivity contribution < 1.29 is 19.1 Å². The van der Waals surface area contributed by atoms with E-state index in [0.29, 0.717) is 5.69 Å². The SMILES string of the molecule is CN1C(=O)CC(C(=O)[O-])SC1=Nc1ccc(F)cc1. The van der Waals surface area contributed by atoms with Crippen LogP contribution >= 0.6 is 11.8 Å². The second-order valence-electron chi connectivity index (χ2n) is 3.95. The van der Waals surface area contributed by atoms with Gasteiger partial charge in [0.1, 0.15) is 5.82 Å². The van der Waals surface area contributed by atoms with Crippen molar-refractivity contribution in [3.8, 4) is 0 Å². The van der Waals surface area contributed by atoms with Crippen molar-refractivity contribution in [1.82, 2.24) is 4.90 Å². The lowest BCUT2D eigenvalue weighted by molar-refractivity contribution is -0.304. The number of hydrogen-bond donors (Lipinski definition) is 0. The standard InChI is InChI=1S/C12H11FN2O3S/c1-15-10(16)6-9(11(17)18)19-12(15)14-8-4-2-7(13)3-5-8/h2-5,9H,6H2,1H3,(H,17,18)/p-1. The van der Waals surface area contributed by atoms with Gasteiger partial charge in [-0.3, -0.25) is 9.69 Å². The zero-order valence-corrected chi connectivity index (χ0v) is 10.8. The summed E-state index contributed by atoms with van der Waals surface area (Å²) in [5.41, 5.74) is 0.447. The van der Waals surface area contributed by atoms with Crippen LogP contribution in [0.4, 0.5) is 10.1 Å². The van der Waals surface area contributed by atoms with Crippen LogP contribution in [0.25, 0.3) is 0 Å². The van der Waals surface area contributed by atoms with Crippen molar-refractivity contribution in [2.45, 2.75) is 11.7 Å². The predicted molar refractivity (Wildman–Crippen MR) is 67.3 cm³/mol. The molecule has 1 fully saturated rings. The lowest BCUT2D eigenvalue weighted by Gasteiger charge is -2.29. The summed E-state index contributed by atoms with van der Waals surface area (Å²) in [6.07, 6.45) is -0.119. The Kier molecular flexibility index (Phi) is 3.84. The van der Waals surface area contributed by atoms with E-state index in [2.05, 4.69) is 4.99 Å². The number of rotatable bonds is 2. The van der Waals surface area contributed by atoms with Gasteiger partial charge in [-0.2, -0.15) is 0 Å². The van der Waals surface area contributed by atoms with Gasteiger partial charge in [-0.25, -0.2) is 9.38 Å². The second kappa shape index (κ2) is 5.40. The molecule has 1 aliphatic heterocycles. The fraction of sp³-hybridized carbons (Fsp3) is 0.250. The number of hydrogen-bond acceptors (Lipinski definition) is 5. The fourth-order valence-corrected chi connectivity index (χ4v) is 2.50. The largest absolute Gasteiger partial charge is 0.549 e. The Hall–Kier alpha value is -1.89. The van der Waals surface area contributed by atoms with Gasteiger partial charge < -0.3 is 9.90 Å². The summed E-state index contributed by atoms with van der Waals surface area (Å²) in [5, 5.41) is 10.2. The molecule has 1 atom stereocenters. The van der Waals surface area contributed by atoms with Gasteiger partial charge >= 0.3 is 0 Å². The number of halogens is 1. The molecule has 0 aliphatic carbocycles. The third-order valence-electron chi connectivity index (χ3n) is 2.58. The number of amidine groups is 1. The van der Waals surface area contributed by atoms with E-state index in [4.69, 9.17) is 0 Å². The smallest absolute Gasteiger partial charge is 0.229 e. The van der Waals surface area contributed by atoms with Crippen LogP contribution in [0, 0.1) is 5.82 Å². The van der Waals surface area contributed by atoms with Crippen LogP contribution < -0.4 is 5.11 Å². The predicted octanol–water partition coefficient (Wildman–Crippen LogP) is 0.527. The molecule has 0 bridgehead atoms. The number of carbonyl (C=O) groups is 2. The molecular weight excluding hydrogens is 271 g/mol. The number of aliphatic imine (C=N–C) groups is 1. The van der Waals surface area contributed by atoms with Gasteiger partial charge in [0.05, 0.1) is 16.9 Å². The molecule has 5 nitrogen and oxygen atoms in total. The Bertz CT molecular complexity index is 544. The highest BCUT2D eigenvalue weighted by molar-refractivity contribution is 8.15. The number of carbonyl (C=O) groups excluding carboxylic acids is 2. The normalized spacial score (nSPS) is 21.8. The molecule has 7 heteroatoms. The van der Waals surface area contributed by atoms with Gasteiger partial charge in [-0.15, -0.1) is 0 Å².